The molecule has 0 amide bonds. The molecule has 0 aliphatic heterocycles. The molecule has 0 spiro atoms. The van der Waals surface area contributed by atoms with Crippen LogP contribution in [0.15, 0.2) is 29.6 Å². The van der Waals surface area contributed by atoms with E-state index in [1.54, 1.807) is 12.5 Å². The Kier molecular flexibility index (Phi) is 3.18. The molecule has 3 nitrogen and oxygen atoms in total. The van der Waals surface area contributed by atoms with E-state index in [-0.39, 0.29) is 0 Å². The summed E-state index contributed by atoms with van der Waals surface area (Å²) >= 11 is 1.50. The SMILES string of the molecule is COc1ccccc1Cc1nc(C#N)cs1. The smallest absolute Gasteiger partial charge is 0.151 e. The molecule has 0 atom stereocenters. The molecule has 16 heavy (non-hydrogen) atoms. The maximum atomic E-state index is 8.69. The summed E-state index contributed by atoms with van der Waals surface area (Å²) in [6.07, 6.45) is 0.705. The van der Waals surface area contributed by atoms with Crippen molar-refractivity contribution in [3.63, 3.8) is 0 Å². The van der Waals surface area contributed by atoms with Gasteiger partial charge in [0, 0.05) is 17.4 Å². The lowest BCUT2D eigenvalue weighted by Gasteiger charge is -2.05. The van der Waals surface area contributed by atoms with Gasteiger partial charge in [-0.15, -0.1) is 11.3 Å². The molecule has 1 aromatic carbocycles. The van der Waals surface area contributed by atoms with E-state index in [0.717, 1.165) is 16.3 Å². The van der Waals surface area contributed by atoms with E-state index in [4.69, 9.17) is 10.00 Å². The molecule has 0 aliphatic carbocycles. The van der Waals surface area contributed by atoms with Crippen molar-refractivity contribution in [2.75, 3.05) is 7.11 Å². The molecule has 0 aliphatic rings. The highest BCUT2D eigenvalue weighted by atomic mass is 32.1. The molecular weight excluding hydrogens is 220 g/mol. The zero-order valence-electron chi connectivity index (χ0n) is 8.80. The fraction of sp³-hybridized carbons (Fsp3) is 0.167. The molecule has 4 heteroatoms. The van der Waals surface area contributed by atoms with Gasteiger partial charge in [-0.3, -0.25) is 0 Å². The third-order valence-corrected chi connectivity index (χ3v) is 3.05. The number of hydrogen-bond donors (Lipinski definition) is 0. The Labute approximate surface area is 97.9 Å². The Morgan fingerprint density at radius 2 is 2.25 bits per heavy atom. The fourth-order valence-electron chi connectivity index (χ4n) is 1.46. The first-order chi connectivity index (χ1) is 7.83. The first-order valence-electron chi connectivity index (χ1n) is 4.80. The van der Waals surface area contributed by atoms with Crippen LogP contribution in [0, 0.1) is 11.3 Å². The number of ether oxygens (including phenoxy) is 1. The zero-order valence-corrected chi connectivity index (χ0v) is 9.62. The maximum Gasteiger partial charge on any atom is 0.151 e. The molecular formula is C12H10N2OS. The van der Waals surface area contributed by atoms with Crippen molar-refractivity contribution in [3.8, 4) is 11.8 Å². The summed E-state index contributed by atoms with van der Waals surface area (Å²) in [4.78, 5) is 4.20. The number of benzene rings is 1. The van der Waals surface area contributed by atoms with E-state index in [2.05, 4.69) is 4.98 Å². The van der Waals surface area contributed by atoms with Crippen LogP contribution in [-0.4, -0.2) is 12.1 Å². The number of aromatic nitrogens is 1. The van der Waals surface area contributed by atoms with Crippen LogP contribution in [0.25, 0.3) is 0 Å². The Bertz CT molecular complexity index is 528. The maximum absolute atomic E-state index is 8.69. The molecule has 0 fully saturated rings. The Hall–Kier alpha value is -1.86. The number of nitrogens with zero attached hydrogens (tertiary/aromatic N) is 2. The quantitative estimate of drug-likeness (QED) is 0.814. The number of para-hydroxylation sites is 1. The van der Waals surface area contributed by atoms with Crippen molar-refractivity contribution in [2.24, 2.45) is 0 Å². The minimum absolute atomic E-state index is 0.481. The second-order valence-electron chi connectivity index (χ2n) is 3.23. The highest BCUT2D eigenvalue weighted by Gasteiger charge is 2.06. The number of nitriles is 1. The van der Waals surface area contributed by atoms with Gasteiger partial charge in [0.25, 0.3) is 0 Å². The van der Waals surface area contributed by atoms with E-state index in [1.165, 1.54) is 11.3 Å². The van der Waals surface area contributed by atoms with Gasteiger partial charge in [-0.2, -0.15) is 5.26 Å². The lowest BCUT2D eigenvalue weighted by atomic mass is 10.1. The molecule has 0 unspecified atom stereocenters. The van der Waals surface area contributed by atoms with Crippen LogP contribution >= 0.6 is 11.3 Å². The second-order valence-corrected chi connectivity index (χ2v) is 4.17. The Morgan fingerprint density at radius 1 is 1.44 bits per heavy atom. The summed E-state index contributed by atoms with van der Waals surface area (Å²) < 4.78 is 5.26. The summed E-state index contributed by atoms with van der Waals surface area (Å²) in [7, 11) is 1.65. The average Bonchev–Trinajstić information content (AvgIpc) is 2.77. The second kappa shape index (κ2) is 4.77. The van der Waals surface area contributed by atoms with Crippen molar-refractivity contribution in [3.05, 3.63) is 45.9 Å². The molecule has 1 aromatic heterocycles. The van der Waals surface area contributed by atoms with Crippen molar-refractivity contribution < 1.29 is 4.74 Å². The fourth-order valence-corrected chi connectivity index (χ4v) is 2.20. The van der Waals surface area contributed by atoms with Crippen molar-refractivity contribution in [1.82, 2.24) is 4.98 Å². The molecule has 0 N–H and O–H groups in total. The van der Waals surface area contributed by atoms with Crippen molar-refractivity contribution >= 4 is 11.3 Å². The van der Waals surface area contributed by atoms with Crippen LogP contribution in [0.1, 0.15) is 16.3 Å². The van der Waals surface area contributed by atoms with Gasteiger partial charge in [0.15, 0.2) is 5.69 Å². The van der Waals surface area contributed by atoms with Gasteiger partial charge in [-0.1, -0.05) is 18.2 Å². The third kappa shape index (κ3) is 2.20. The van der Waals surface area contributed by atoms with Crippen LogP contribution in [0.3, 0.4) is 0 Å². The topological polar surface area (TPSA) is 45.9 Å². The summed E-state index contributed by atoms with van der Waals surface area (Å²) in [5.74, 6) is 0.858. The highest BCUT2D eigenvalue weighted by Crippen LogP contribution is 2.22. The van der Waals surface area contributed by atoms with E-state index >= 15 is 0 Å². The molecule has 2 aromatic rings. The van der Waals surface area contributed by atoms with Gasteiger partial charge >= 0.3 is 0 Å². The molecule has 80 valence electrons. The minimum Gasteiger partial charge on any atom is -0.496 e. The van der Waals surface area contributed by atoms with Gasteiger partial charge in [0.05, 0.1) is 12.1 Å². The summed E-state index contributed by atoms with van der Waals surface area (Å²) in [5.41, 5.74) is 1.57. The van der Waals surface area contributed by atoms with Gasteiger partial charge in [-0.25, -0.2) is 4.98 Å². The van der Waals surface area contributed by atoms with E-state index in [9.17, 15) is 0 Å². The van der Waals surface area contributed by atoms with E-state index in [1.807, 2.05) is 30.3 Å². The molecule has 0 bridgehead atoms. The van der Waals surface area contributed by atoms with Gasteiger partial charge < -0.3 is 4.74 Å². The third-order valence-electron chi connectivity index (χ3n) is 2.20. The monoisotopic (exact) mass is 230 g/mol. The van der Waals surface area contributed by atoms with Crippen LogP contribution < -0.4 is 4.74 Å². The first kappa shape index (κ1) is 10.7. The molecule has 0 saturated carbocycles. The average molecular weight is 230 g/mol. The minimum atomic E-state index is 0.481. The van der Waals surface area contributed by atoms with Crippen molar-refractivity contribution in [1.29, 1.82) is 5.26 Å². The highest BCUT2D eigenvalue weighted by molar-refractivity contribution is 7.09. The van der Waals surface area contributed by atoms with E-state index in [0.29, 0.717) is 12.1 Å². The lowest BCUT2D eigenvalue weighted by molar-refractivity contribution is 0.410. The number of rotatable bonds is 3. The lowest BCUT2D eigenvalue weighted by Crippen LogP contribution is -1.93. The molecule has 0 saturated heterocycles. The number of hydrogen-bond acceptors (Lipinski definition) is 4. The normalized spacial score (nSPS) is 9.75. The summed E-state index contributed by atoms with van der Waals surface area (Å²) in [6, 6.07) is 9.87. The van der Waals surface area contributed by atoms with Crippen LogP contribution in [0.5, 0.6) is 5.75 Å². The van der Waals surface area contributed by atoms with Crippen LogP contribution in [-0.2, 0) is 6.42 Å². The van der Waals surface area contributed by atoms with Crippen molar-refractivity contribution in [2.45, 2.75) is 6.42 Å². The predicted octanol–water partition coefficient (Wildman–Crippen LogP) is 2.61. The first-order valence-corrected chi connectivity index (χ1v) is 5.68. The van der Waals surface area contributed by atoms with Gasteiger partial charge in [0.2, 0.25) is 0 Å². The number of methoxy groups -OCH3 is 1. The molecule has 0 radical (unpaired) electrons. The standard InChI is InChI=1S/C12H10N2OS/c1-15-11-5-3-2-4-9(11)6-12-14-10(7-13)8-16-12/h2-5,8H,6H2,1H3. The van der Waals surface area contributed by atoms with Gasteiger partial charge in [-0.05, 0) is 6.07 Å². The van der Waals surface area contributed by atoms with Crippen LogP contribution in [0.4, 0.5) is 0 Å². The zero-order chi connectivity index (χ0) is 11.4. The molecule has 1 heterocycles. The summed E-state index contributed by atoms with van der Waals surface area (Å²) in [6.45, 7) is 0. The van der Waals surface area contributed by atoms with E-state index < -0.39 is 0 Å². The largest absolute Gasteiger partial charge is 0.496 e. The predicted molar refractivity (Wildman–Crippen MR) is 62.6 cm³/mol. The molecule has 2 rings (SSSR count). The Balaban J connectivity index is 2.23. The number of thiazole rings is 1. The Morgan fingerprint density at radius 3 is 2.94 bits per heavy atom. The van der Waals surface area contributed by atoms with Gasteiger partial charge in [0.1, 0.15) is 11.8 Å². The van der Waals surface area contributed by atoms with Crippen LogP contribution in [0.2, 0.25) is 0 Å². The summed E-state index contributed by atoms with van der Waals surface area (Å²) in [5, 5.41) is 11.4.